The second-order valence-corrected chi connectivity index (χ2v) is 18.9. The number of nitrogens with zero attached hydrogens (tertiary/aromatic N) is 6. The summed E-state index contributed by atoms with van der Waals surface area (Å²) in [6.07, 6.45) is -9.19. The van der Waals surface area contributed by atoms with Crippen LogP contribution in [0.25, 0.3) is 118 Å². The van der Waals surface area contributed by atoms with Gasteiger partial charge in [0, 0.05) is 44.2 Å². The molecular weight excluding hydrogens is 979 g/mol. The van der Waals surface area contributed by atoms with Crippen LogP contribution in [-0.2, 0) is 12.4 Å². The zero-order chi connectivity index (χ0) is 53.0. The highest BCUT2D eigenvalue weighted by atomic mass is 19.4. The largest absolute Gasteiger partial charge is 0.416 e. The molecule has 0 bridgehead atoms. The molecule has 12 aromatic rings. The van der Waals surface area contributed by atoms with E-state index in [0.717, 1.165) is 57.3 Å². The first kappa shape index (κ1) is 48.4. The first-order valence-corrected chi connectivity index (χ1v) is 24.7. The molecule has 0 atom stereocenters. The van der Waals surface area contributed by atoms with Crippen molar-refractivity contribution in [3.05, 3.63) is 241 Å². The van der Waals surface area contributed by atoms with E-state index in [1.807, 2.05) is 174 Å². The van der Waals surface area contributed by atoms with Crippen molar-refractivity contribution in [3.8, 4) is 96.0 Å². The molecule has 0 amide bonds. The number of fused-ring (bicyclic) bond motifs is 3. The molecule has 77 heavy (non-hydrogen) atoms. The standard InChI is InChI=1S/C65H42F6N6/c1-39-29-48(33-50(31-39)64(66,67)68)45-23-26-52-53-27-24-46(49-30-40(2)32-51(34-49)65(69,70)71)37-59(53)77(58(52)36-45)57-28-25-47(62-72-55(41-15-7-3-8-16-41)38-56(73-62)42-17-9-4-10-18-42)35-54(57)63-75-60(43-19-11-5-12-20-43)74-61(76-63)44-21-13-6-14-22-44/h3-38H,1-2H3. The summed E-state index contributed by atoms with van der Waals surface area (Å²) in [7, 11) is 0. The van der Waals surface area contributed by atoms with Gasteiger partial charge in [-0.3, -0.25) is 0 Å². The van der Waals surface area contributed by atoms with Crippen LogP contribution in [0.3, 0.4) is 0 Å². The first-order chi connectivity index (χ1) is 37.2. The van der Waals surface area contributed by atoms with Crippen LogP contribution in [0.15, 0.2) is 218 Å². The minimum absolute atomic E-state index is 0.279. The van der Waals surface area contributed by atoms with E-state index >= 15 is 0 Å². The molecule has 0 aliphatic carbocycles. The molecular formula is C65H42F6N6. The van der Waals surface area contributed by atoms with Crippen LogP contribution in [0, 0.1) is 13.8 Å². The lowest BCUT2D eigenvalue weighted by Crippen LogP contribution is -2.05. The minimum Gasteiger partial charge on any atom is -0.308 e. The summed E-state index contributed by atoms with van der Waals surface area (Å²) < 4.78 is 88.4. The van der Waals surface area contributed by atoms with Crippen molar-refractivity contribution in [1.29, 1.82) is 0 Å². The molecule has 0 fully saturated rings. The van der Waals surface area contributed by atoms with Gasteiger partial charge < -0.3 is 4.57 Å². The predicted molar refractivity (Wildman–Crippen MR) is 293 cm³/mol. The molecule has 0 spiro atoms. The van der Waals surface area contributed by atoms with Crippen LogP contribution in [-0.4, -0.2) is 29.5 Å². The summed E-state index contributed by atoms with van der Waals surface area (Å²) in [6.45, 7) is 3.26. The molecule has 374 valence electrons. The molecule has 12 rings (SSSR count). The van der Waals surface area contributed by atoms with E-state index < -0.39 is 23.5 Å². The Bertz CT molecular complexity index is 3960. The molecule has 0 unspecified atom stereocenters. The van der Waals surface area contributed by atoms with E-state index in [0.29, 0.717) is 90.1 Å². The van der Waals surface area contributed by atoms with Crippen molar-refractivity contribution >= 4 is 21.8 Å². The molecule has 3 aromatic heterocycles. The van der Waals surface area contributed by atoms with Crippen molar-refractivity contribution in [3.63, 3.8) is 0 Å². The van der Waals surface area contributed by atoms with Gasteiger partial charge in [0.05, 0.1) is 39.2 Å². The zero-order valence-corrected chi connectivity index (χ0v) is 41.2. The summed E-state index contributed by atoms with van der Waals surface area (Å²) in [5.74, 6) is 1.48. The molecule has 0 radical (unpaired) electrons. The summed E-state index contributed by atoms with van der Waals surface area (Å²) in [5.41, 5.74) is 8.54. The number of aryl methyl sites for hydroxylation is 2. The Morgan fingerprint density at radius 3 is 1.13 bits per heavy atom. The highest BCUT2D eigenvalue weighted by Gasteiger charge is 2.32. The van der Waals surface area contributed by atoms with Crippen LogP contribution < -0.4 is 0 Å². The lowest BCUT2D eigenvalue weighted by Gasteiger charge is -2.17. The van der Waals surface area contributed by atoms with Gasteiger partial charge >= 0.3 is 12.4 Å². The van der Waals surface area contributed by atoms with Gasteiger partial charge in [-0.05, 0) is 108 Å². The Balaban J connectivity index is 1.18. The molecule has 0 saturated carbocycles. The number of hydrogen-bond acceptors (Lipinski definition) is 5. The fraction of sp³-hybridized carbons (Fsp3) is 0.0615. The third-order valence-electron chi connectivity index (χ3n) is 13.5. The summed E-state index contributed by atoms with van der Waals surface area (Å²) >= 11 is 0. The van der Waals surface area contributed by atoms with Gasteiger partial charge in [0.2, 0.25) is 0 Å². The Morgan fingerprint density at radius 1 is 0.312 bits per heavy atom. The molecule has 0 aliphatic rings. The Hall–Kier alpha value is -9.55. The second-order valence-electron chi connectivity index (χ2n) is 18.9. The Kier molecular flexibility index (Phi) is 12.1. The van der Waals surface area contributed by atoms with Gasteiger partial charge in [0.1, 0.15) is 0 Å². The van der Waals surface area contributed by atoms with Crippen LogP contribution >= 0.6 is 0 Å². The maximum absolute atomic E-state index is 14.4. The fourth-order valence-corrected chi connectivity index (χ4v) is 9.93. The van der Waals surface area contributed by atoms with Crippen molar-refractivity contribution in [2.45, 2.75) is 26.2 Å². The van der Waals surface area contributed by atoms with E-state index in [2.05, 4.69) is 0 Å². The monoisotopic (exact) mass is 1020 g/mol. The van der Waals surface area contributed by atoms with Crippen LogP contribution in [0.1, 0.15) is 22.3 Å². The molecule has 3 heterocycles. The minimum atomic E-state index is -4.59. The number of hydrogen-bond donors (Lipinski definition) is 0. The van der Waals surface area contributed by atoms with E-state index in [9.17, 15) is 26.3 Å². The molecule has 6 nitrogen and oxygen atoms in total. The van der Waals surface area contributed by atoms with Crippen molar-refractivity contribution in [2.75, 3.05) is 0 Å². The highest BCUT2D eigenvalue weighted by Crippen LogP contribution is 2.43. The van der Waals surface area contributed by atoms with E-state index in [4.69, 9.17) is 24.9 Å². The second kappa shape index (κ2) is 19.3. The van der Waals surface area contributed by atoms with Crippen molar-refractivity contribution in [1.82, 2.24) is 29.5 Å². The summed E-state index contributed by atoms with van der Waals surface area (Å²) in [5, 5.41) is 1.48. The fourth-order valence-electron chi connectivity index (χ4n) is 9.93. The zero-order valence-electron chi connectivity index (χ0n) is 41.2. The van der Waals surface area contributed by atoms with Gasteiger partial charge in [-0.25, -0.2) is 24.9 Å². The maximum Gasteiger partial charge on any atom is 0.416 e. The summed E-state index contributed by atoms with van der Waals surface area (Å²) in [6, 6.07) is 65.4. The number of rotatable bonds is 9. The summed E-state index contributed by atoms with van der Waals surface area (Å²) in [4.78, 5) is 25.8. The van der Waals surface area contributed by atoms with E-state index in [1.165, 1.54) is 0 Å². The van der Waals surface area contributed by atoms with E-state index in [-0.39, 0.29) is 5.82 Å². The lowest BCUT2D eigenvalue weighted by atomic mass is 9.98. The highest BCUT2D eigenvalue weighted by molar-refractivity contribution is 6.11. The average molecular weight is 1020 g/mol. The van der Waals surface area contributed by atoms with Gasteiger partial charge in [-0.2, -0.15) is 26.3 Å². The molecule has 0 N–H and O–H groups in total. The van der Waals surface area contributed by atoms with Gasteiger partial charge in [0.25, 0.3) is 0 Å². The van der Waals surface area contributed by atoms with Crippen LogP contribution in [0.4, 0.5) is 26.3 Å². The van der Waals surface area contributed by atoms with Gasteiger partial charge in [0.15, 0.2) is 23.3 Å². The molecule has 0 aliphatic heterocycles. The van der Waals surface area contributed by atoms with Crippen LogP contribution in [0.2, 0.25) is 0 Å². The maximum atomic E-state index is 14.4. The van der Waals surface area contributed by atoms with Crippen molar-refractivity contribution < 1.29 is 26.3 Å². The smallest absolute Gasteiger partial charge is 0.308 e. The number of alkyl halides is 6. The normalized spacial score (nSPS) is 11.9. The quantitative estimate of drug-likeness (QED) is 0.135. The first-order valence-electron chi connectivity index (χ1n) is 24.7. The number of aromatic nitrogens is 6. The Morgan fingerprint density at radius 2 is 0.701 bits per heavy atom. The van der Waals surface area contributed by atoms with Crippen LogP contribution in [0.5, 0.6) is 0 Å². The van der Waals surface area contributed by atoms with E-state index in [1.54, 1.807) is 38.1 Å². The molecule has 12 heteroatoms. The van der Waals surface area contributed by atoms with Gasteiger partial charge in [-0.15, -0.1) is 0 Å². The number of benzene rings is 9. The molecule has 0 saturated heterocycles. The van der Waals surface area contributed by atoms with Crippen molar-refractivity contribution in [2.24, 2.45) is 0 Å². The predicted octanol–water partition coefficient (Wildman–Crippen LogP) is 17.7. The topological polar surface area (TPSA) is 69.4 Å². The average Bonchev–Trinajstić information content (AvgIpc) is 4.00. The third kappa shape index (κ3) is 9.61. The molecule has 9 aromatic carbocycles. The Labute approximate surface area is 438 Å². The number of halogens is 6. The lowest BCUT2D eigenvalue weighted by molar-refractivity contribution is -0.138. The van der Waals surface area contributed by atoms with Gasteiger partial charge in [-0.1, -0.05) is 158 Å². The third-order valence-corrected chi connectivity index (χ3v) is 13.5. The SMILES string of the molecule is Cc1cc(-c2ccc3c4ccc(-c5cc(C)cc(C(F)(F)F)c5)cc4n(-c4ccc(-c5nc(-c6ccccc6)cc(-c6ccccc6)n5)cc4-c4nc(-c5ccccc5)nc(-c5ccccc5)n4)c3c2)cc(C(F)(F)F)c1.